The molecule has 2 fully saturated rings. The first kappa shape index (κ1) is 29.1. The second kappa shape index (κ2) is 12.0. The molecule has 1 atom stereocenters. The normalized spacial score (nSPS) is 21.1. The third-order valence-electron chi connectivity index (χ3n) is 5.37. The Morgan fingerprint density at radius 1 is 1.06 bits per heavy atom. The van der Waals surface area contributed by atoms with Crippen LogP contribution in [-0.2, 0) is 20.9 Å². The van der Waals surface area contributed by atoms with Crippen molar-refractivity contribution in [1.29, 1.82) is 0 Å². The summed E-state index contributed by atoms with van der Waals surface area (Å²) >= 11 is 0. The summed E-state index contributed by atoms with van der Waals surface area (Å²) in [4.78, 5) is 38.5. The lowest BCUT2D eigenvalue weighted by molar-refractivity contribution is -0.193. The average molecular weight is 501 g/mol. The minimum absolute atomic E-state index is 0.0792. The van der Waals surface area contributed by atoms with E-state index in [0.29, 0.717) is 5.91 Å². The molecule has 2 N–H and O–H groups in total. The highest BCUT2D eigenvalue weighted by atomic mass is 19.4. The van der Waals surface area contributed by atoms with Crippen molar-refractivity contribution in [2.24, 2.45) is 0 Å². The molecular weight excluding hydrogens is 476 g/mol. The van der Waals surface area contributed by atoms with Gasteiger partial charge in [-0.15, -0.1) is 0 Å². The number of rotatable bonds is 2. The SMILES string of the molecule is CN1C(=O)CCCC12CCCN(Cc1cccnc1)C2.O=C(O)C(F)(F)F.O=C(O)C(F)(F)F. The van der Waals surface area contributed by atoms with Crippen molar-refractivity contribution in [2.45, 2.75) is 56.5 Å². The highest BCUT2D eigenvalue weighted by molar-refractivity contribution is 5.77. The first-order valence-corrected chi connectivity index (χ1v) is 10.1. The molecule has 3 rings (SSSR count). The lowest BCUT2D eigenvalue weighted by Gasteiger charge is -2.50. The zero-order valence-electron chi connectivity index (χ0n) is 18.2. The van der Waals surface area contributed by atoms with Gasteiger partial charge in [-0.05, 0) is 43.9 Å². The minimum Gasteiger partial charge on any atom is -0.475 e. The van der Waals surface area contributed by atoms with E-state index in [4.69, 9.17) is 19.8 Å². The Bertz CT molecular complexity index is 806. The van der Waals surface area contributed by atoms with Gasteiger partial charge in [0.05, 0.1) is 5.54 Å². The maximum absolute atomic E-state index is 12.0. The van der Waals surface area contributed by atoms with Crippen molar-refractivity contribution in [1.82, 2.24) is 14.8 Å². The van der Waals surface area contributed by atoms with E-state index in [0.717, 1.165) is 45.3 Å². The number of alkyl halides is 6. The molecule has 2 saturated heterocycles. The zero-order valence-corrected chi connectivity index (χ0v) is 18.2. The third kappa shape index (κ3) is 9.15. The second-order valence-corrected chi connectivity index (χ2v) is 7.81. The number of carboxylic acid groups (broad SMARTS) is 2. The van der Waals surface area contributed by atoms with E-state index in [1.165, 1.54) is 12.0 Å². The summed E-state index contributed by atoms with van der Waals surface area (Å²) in [5.74, 6) is -5.19. The molecule has 14 heteroatoms. The number of carboxylic acids is 2. The molecule has 3 heterocycles. The molecule has 0 aromatic carbocycles. The number of likely N-dealkylation sites (tertiary alicyclic amines) is 2. The molecule has 1 unspecified atom stereocenters. The fourth-order valence-corrected chi connectivity index (χ4v) is 3.74. The van der Waals surface area contributed by atoms with E-state index >= 15 is 0 Å². The topological polar surface area (TPSA) is 111 Å². The van der Waals surface area contributed by atoms with E-state index < -0.39 is 24.3 Å². The number of carbonyl (C=O) groups is 3. The molecule has 0 saturated carbocycles. The highest BCUT2D eigenvalue weighted by Gasteiger charge is 2.43. The Labute approximate surface area is 191 Å². The predicted molar refractivity (Wildman–Crippen MR) is 105 cm³/mol. The van der Waals surface area contributed by atoms with Gasteiger partial charge in [-0.1, -0.05) is 6.07 Å². The van der Waals surface area contributed by atoms with E-state index in [-0.39, 0.29) is 5.54 Å². The van der Waals surface area contributed by atoms with Crippen LogP contribution >= 0.6 is 0 Å². The molecule has 1 aromatic rings. The second-order valence-electron chi connectivity index (χ2n) is 7.81. The molecule has 1 spiro atoms. The summed E-state index contributed by atoms with van der Waals surface area (Å²) in [5.41, 5.74) is 1.34. The van der Waals surface area contributed by atoms with Gasteiger partial charge in [0.25, 0.3) is 0 Å². The highest BCUT2D eigenvalue weighted by Crippen LogP contribution is 2.36. The molecule has 0 bridgehead atoms. The maximum Gasteiger partial charge on any atom is 0.490 e. The summed E-state index contributed by atoms with van der Waals surface area (Å²) in [6.07, 6.45) is -1.16. The lowest BCUT2D eigenvalue weighted by Crippen LogP contribution is -2.60. The summed E-state index contributed by atoms with van der Waals surface area (Å²) in [5, 5.41) is 14.2. The summed E-state index contributed by atoms with van der Waals surface area (Å²) in [6.45, 7) is 3.07. The summed E-state index contributed by atoms with van der Waals surface area (Å²) in [6, 6.07) is 4.12. The van der Waals surface area contributed by atoms with Crippen LogP contribution in [0.5, 0.6) is 0 Å². The van der Waals surface area contributed by atoms with Crippen LogP contribution in [0.25, 0.3) is 0 Å². The first-order chi connectivity index (χ1) is 15.6. The quantitative estimate of drug-likeness (QED) is 0.598. The monoisotopic (exact) mass is 501 g/mol. The standard InChI is InChI=1S/C16H23N3O.2C2HF3O2/c1-18-15(20)6-2-7-16(18)8-4-10-19(13-16)12-14-5-3-9-17-11-14;2*3-2(4,5)1(6)7/h3,5,9,11H,2,4,6-8,10,12-13H2,1H3;2*(H,6,7). The van der Waals surface area contributed by atoms with Crippen LogP contribution in [0.3, 0.4) is 0 Å². The number of carbonyl (C=O) groups excluding carboxylic acids is 1. The number of likely N-dealkylation sites (N-methyl/N-ethyl adjacent to an activating group) is 1. The fraction of sp³-hybridized carbons (Fsp3) is 0.600. The van der Waals surface area contributed by atoms with Gasteiger partial charge in [0.2, 0.25) is 5.91 Å². The van der Waals surface area contributed by atoms with Gasteiger partial charge >= 0.3 is 24.3 Å². The van der Waals surface area contributed by atoms with Crippen molar-refractivity contribution >= 4 is 17.8 Å². The van der Waals surface area contributed by atoms with Crippen molar-refractivity contribution in [3.63, 3.8) is 0 Å². The molecule has 192 valence electrons. The van der Waals surface area contributed by atoms with Crippen LogP contribution in [0.2, 0.25) is 0 Å². The fourth-order valence-electron chi connectivity index (χ4n) is 3.74. The van der Waals surface area contributed by atoms with Gasteiger partial charge in [0.1, 0.15) is 0 Å². The largest absolute Gasteiger partial charge is 0.490 e. The number of halogens is 6. The number of piperidine rings is 2. The van der Waals surface area contributed by atoms with Crippen molar-refractivity contribution in [3.8, 4) is 0 Å². The Morgan fingerprint density at radius 3 is 2.06 bits per heavy atom. The van der Waals surface area contributed by atoms with Crippen LogP contribution in [-0.4, -0.2) is 80.9 Å². The third-order valence-corrected chi connectivity index (χ3v) is 5.37. The molecule has 0 aliphatic carbocycles. The summed E-state index contributed by atoms with van der Waals surface area (Å²) in [7, 11) is 2.00. The molecule has 8 nitrogen and oxygen atoms in total. The van der Waals surface area contributed by atoms with E-state index in [1.807, 2.05) is 30.4 Å². The predicted octanol–water partition coefficient (Wildman–Crippen LogP) is 3.33. The zero-order chi connectivity index (χ0) is 26.2. The van der Waals surface area contributed by atoms with Crippen molar-refractivity contribution in [2.75, 3.05) is 20.1 Å². The van der Waals surface area contributed by atoms with Crippen LogP contribution in [0.1, 0.15) is 37.7 Å². The van der Waals surface area contributed by atoms with E-state index in [9.17, 15) is 31.1 Å². The van der Waals surface area contributed by atoms with Crippen LogP contribution < -0.4 is 0 Å². The number of aromatic nitrogens is 1. The van der Waals surface area contributed by atoms with Gasteiger partial charge in [0.15, 0.2) is 0 Å². The van der Waals surface area contributed by atoms with Crippen LogP contribution in [0.4, 0.5) is 26.3 Å². The van der Waals surface area contributed by atoms with Gasteiger partial charge in [-0.2, -0.15) is 26.3 Å². The Morgan fingerprint density at radius 2 is 1.59 bits per heavy atom. The molecule has 1 amide bonds. The van der Waals surface area contributed by atoms with E-state index in [1.54, 1.807) is 0 Å². The maximum atomic E-state index is 12.0. The van der Waals surface area contributed by atoms with Crippen LogP contribution in [0, 0.1) is 0 Å². The number of hydrogen-bond acceptors (Lipinski definition) is 5. The van der Waals surface area contributed by atoms with Crippen molar-refractivity contribution < 1.29 is 50.9 Å². The van der Waals surface area contributed by atoms with E-state index in [2.05, 4.69) is 16.0 Å². The lowest BCUT2D eigenvalue weighted by atomic mass is 9.80. The molecule has 2 aliphatic rings. The molecule has 0 radical (unpaired) electrons. The van der Waals surface area contributed by atoms with Crippen LogP contribution in [0.15, 0.2) is 24.5 Å². The number of hydrogen-bond donors (Lipinski definition) is 2. The smallest absolute Gasteiger partial charge is 0.475 e. The number of nitrogens with zero attached hydrogens (tertiary/aromatic N) is 3. The Hall–Kier alpha value is -2.90. The number of aliphatic carboxylic acids is 2. The minimum atomic E-state index is -5.08. The van der Waals surface area contributed by atoms with Gasteiger partial charge in [-0.25, -0.2) is 9.59 Å². The molecule has 34 heavy (non-hydrogen) atoms. The van der Waals surface area contributed by atoms with Crippen molar-refractivity contribution in [3.05, 3.63) is 30.1 Å². The van der Waals surface area contributed by atoms with Gasteiger partial charge in [0, 0.05) is 39.0 Å². The molecule has 1 aromatic heterocycles. The van der Waals surface area contributed by atoms with Gasteiger partial charge < -0.3 is 15.1 Å². The first-order valence-electron chi connectivity index (χ1n) is 10.1. The average Bonchev–Trinajstić information content (AvgIpc) is 2.73. The Balaban J connectivity index is 0.000000343. The number of pyridine rings is 1. The van der Waals surface area contributed by atoms with Gasteiger partial charge in [-0.3, -0.25) is 14.7 Å². The summed E-state index contributed by atoms with van der Waals surface area (Å²) < 4.78 is 63.5. The number of amides is 1. The molecular formula is C20H25F6N3O5. The molecule has 2 aliphatic heterocycles. The Kier molecular flexibility index (Phi) is 10.3.